The normalized spacial score (nSPS) is 25.8. The Morgan fingerprint density at radius 2 is 1.88 bits per heavy atom. The third-order valence-corrected chi connectivity index (χ3v) is 5.29. The molecule has 1 atom stereocenters. The van der Waals surface area contributed by atoms with Gasteiger partial charge in [-0.1, -0.05) is 12.1 Å². The first-order valence-corrected chi connectivity index (χ1v) is 8.55. The number of ether oxygens (including phenoxy) is 1. The molecule has 0 aliphatic carbocycles. The van der Waals surface area contributed by atoms with Crippen molar-refractivity contribution in [3.63, 3.8) is 0 Å². The highest BCUT2D eigenvalue weighted by atomic mass is 16.7. The fourth-order valence-electron chi connectivity index (χ4n) is 2.99. The van der Waals surface area contributed by atoms with Gasteiger partial charge in [0.15, 0.2) is 0 Å². The lowest BCUT2D eigenvalue weighted by molar-refractivity contribution is 0.00360. The Bertz CT molecular complexity index is 615. The summed E-state index contributed by atoms with van der Waals surface area (Å²) in [6.07, 6.45) is 0. The number of carbonyl (C=O) groups is 1. The summed E-state index contributed by atoms with van der Waals surface area (Å²) in [4.78, 5) is 14.7. The molecule has 1 aromatic carbocycles. The second-order valence-electron chi connectivity index (χ2n) is 7.64. The molecular weight excluding hydrogens is 305 g/mol. The second kappa shape index (κ2) is 6.17. The molecule has 24 heavy (non-hydrogen) atoms. The minimum absolute atomic E-state index is 0.0316. The van der Waals surface area contributed by atoms with Crippen molar-refractivity contribution in [2.45, 2.75) is 51.9 Å². The van der Waals surface area contributed by atoms with Crippen molar-refractivity contribution in [2.75, 3.05) is 19.8 Å². The van der Waals surface area contributed by atoms with Crippen LogP contribution in [0.3, 0.4) is 0 Å². The predicted octanol–water partition coefficient (Wildman–Crippen LogP) is 1.85. The number of hydrogen-bond donors (Lipinski definition) is 0. The Morgan fingerprint density at radius 3 is 2.50 bits per heavy atom. The van der Waals surface area contributed by atoms with E-state index in [9.17, 15) is 4.79 Å². The fourth-order valence-corrected chi connectivity index (χ4v) is 2.99. The van der Waals surface area contributed by atoms with Crippen LogP contribution >= 0.6 is 0 Å². The maximum absolute atomic E-state index is 12.8. The molecule has 6 heteroatoms. The van der Waals surface area contributed by atoms with Gasteiger partial charge in [0.2, 0.25) is 0 Å². The number of morpholine rings is 1. The van der Waals surface area contributed by atoms with Crippen LogP contribution in [0.4, 0.5) is 0 Å². The molecular formula is C18H26BNO4. The Balaban J connectivity index is 1.81. The van der Waals surface area contributed by atoms with E-state index in [1.54, 1.807) is 0 Å². The average Bonchev–Trinajstić information content (AvgIpc) is 2.75. The number of hydrogen-bond acceptors (Lipinski definition) is 4. The number of carbonyl (C=O) groups excluding carboxylic acids is 1. The van der Waals surface area contributed by atoms with E-state index in [4.69, 9.17) is 14.0 Å². The van der Waals surface area contributed by atoms with Crippen molar-refractivity contribution >= 4 is 18.5 Å². The van der Waals surface area contributed by atoms with E-state index in [1.165, 1.54) is 0 Å². The van der Waals surface area contributed by atoms with Gasteiger partial charge in [-0.25, -0.2) is 0 Å². The van der Waals surface area contributed by atoms with Crippen LogP contribution in [-0.2, 0) is 14.0 Å². The smallest absolute Gasteiger partial charge is 0.399 e. The van der Waals surface area contributed by atoms with E-state index in [-0.39, 0.29) is 11.9 Å². The molecule has 2 fully saturated rings. The Hall–Kier alpha value is -1.37. The van der Waals surface area contributed by atoms with Crippen molar-refractivity contribution in [2.24, 2.45) is 0 Å². The summed E-state index contributed by atoms with van der Waals surface area (Å²) in [5.74, 6) is 0.0316. The van der Waals surface area contributed by atoms with E-state index in [1.807, 2.05) is 63.8 Å². The quantitative estimate of drug-likeness (QED) is 0.776. The van der Waals surface area contributed by atoms with Crippen LogP contribution in [0.5, 0.6) is 0 Å². The van der Waals surface area contributed by atoms with Crippen LogP contribution < -0.4 is 5.46 Å². The lowest BCUT2D eigenvalue weighted by Crippen LogP contribution is -2.47. The summed E-state index contributed by atoms with van der Waals surface area (Å²) in [6, 6.07) is 7.65. The van der Waals surface area contributed by atoms with E-state index >= 15 is 0 Å². The van der Waals surface area contributed by atoms with E-state index in [0.29, 0.717) is 25.3 Å². The molecule has 0 radical (unpaired) electrons. The average molecular weight is 331 g/mol. The minimum atomic E-state index is -0.454. The molecule has 5 nitrogen and oxygen atoms in total. The summed E-state index contributed by atoms with van der Waals surface area (Å²) >= 11 is 0. The van der Waals surface area contributed by atoms with Gasteiger partial charge in [0, 0.05) is 12.1 Å². The van der Waals surface area contributed by atoms with Gasteiger partial charge in [0.25, 0.3) is 5.91 Å². The molecule has 0 saturated carbocycles. The predicted molar refractivity (Wildman–Crippen MR) is 93.5 cm³/mol. The number of nitrogens with zero attached hydrogens (tertiary/aromatic N) is 1. The Labute approximate surface area is 144 Å². The van der Waals surface area contributed by atoms with Gasteiger partial charge in [-0.3, -0.25) is 4.79 Å². The highest BCUT2D eigenvalue weighted by Gasteiger charge is 2.51. The zero-order valence-electron chi connectivity index (χ0n) is 15.2. The number of benzene rings is 1. The first kappa shape index (κ1) is 17.5. The van der Waals surface area contributed by atoms with Crippen molar-refractivity contribution in [3.05, 3.63) is 29.8 Å². The van der Waals surface area contributed by atoms with Crippen molar-refractivity contribution in [1.82, 2.24) is 4.90 Å². The van der Waals surface area contributed by atoms with Gasteiger partial charge in [0.1, 0.15) is 0 Å². The third kappa shape index (κ3) is 3.10. The standard InChI is InChI=1S/C18H26BNO4/c1-13-12-22-10-9-20(13)16(21)14-7-6-8-15(11-14)19-23-17(2,3)18(4,5)24-19/h6-8,11,13H,9-10,12H2,1-5H3. The molecule has 2 heterocycles. The molecule has 1 amide bonds. The van der Waals surface area contributed by atoms with Gasteiger partial charge in [0.05, 0.1) is 30.5 Å². The highest BCUT2D eigenvalue weighted by Crippen LogP contribution is 2.36. The van der Waals surface area contributed by atoms with Crippen LogP contribution in [0.1, 0.15) is 45.0 Å². The van der Waals surface area contributed by atoms with Gasteiger partial charge < -0.3 is 18.9 Å². The monoisotopic (exact) mass is 331 g/mol. The van der Waals surface area contributed by atoms with Gasteiger partial charge in [-0.2, -0.15) is 0 Å². The molecule has 2 aliphatic heterocycles. The van der Waals surface area contributed by atoms with E-state index in [2.05, 4.69) is 0 Å². The van der Waals surface area contributed by atoms with Gasteiger partial charge in [-0.15, -0.1) is 0 Å². The lowest BCUT2D eigenvalue weighted by Gasteiger charge is -2.33. The van der Waals surface area contributed by atoms with Crippen LogP contribution in [0.15, 0.2) is 24.3 Å². The number of amides is 1. The van der Waals surface area contributed by atoms with Gasteiger partial charge in [-0.05, 0) is 52.2 Å². The highest BCUT2D eigenvalue weighted by molar-refractivity contribution is 6.62. The van der Waals surface area contributed by atoms with Crippen molar-refractivity contribution in [1.29, 1.82) is 0 Å². The molecule has 0 N–H and O–H groups in total. The fraction of sp³-hybridized carbons (Fsp3) is 0.611. The van der Waals surface area contributed by atoms with Crippen LogP contribution in [0.2, 0.25) is 0 Å². The Kier molecular flexibility index (Phi) is 4.49. The van der Waals surface area contributed by atoms with Gasteiger partial charge >= 0.3 is 7.12 Å². The van der Waals surface area contributed by atoms with Crippen molar-refractivity contribution in [3.8, 4) is 0 Å². The lowest BCUT2D eigenvalue weighted by atomic mass is 9.78. The zero-order valence-corrected chi connectivity index (χ0v) is 15.2. The third-order valence-electron chi connectivity index (χ3n) is 5.29. The molecule has 0 spiro atoms. The molecule has 0 aromatic heterocycles. The maximum Gasteiger partial charge on any atom is 0.494 e. The van der Waals surface area contributed by atoms with E-state index in [0.717, 1.165) is 5.46 Å². The summed E-state index contributed by atoms with van der Waals surface area (Å²) < 4.78 is 17.6. The summed E-state index contributed by atoms with van der Waals surface area (Å²) in [7, 11) is -0.454. The molecule has 1 aromatic rings. The topological polar surface area (TPSA) is 48.0 Å². The summed E-state index contributed by atoms with van der Waals surface area (Å²) in [5.41, 5.74) is 0.753. The number of rotatable bonds is 2. The maximum atomic E-state index is 12.8. The SMILES string of the molecule is CC1COCCN1C(=O)c1cccc(B2OC(C)(C)C(C)(C)O2)c1. The molecule has 0 bridgehead atoms. The van der Waals surface area contributed by atoms with Crippen LogP contribution in [-0.4, -0.2) is 54.9 Å². The van der Waals surface area contributed by atoms with Crippen molar-refractivity contribution < 1.29 is 18.8 Å². The molecule has 1 unspecified atom stereocenters. The molecule has 2 aliphatic rings. The Morgan fingerprint density at radius 1 is 1.21 bits per heavy atom. The summed E-state index contributed by atoms with van der Waals surface area (Å²) in [5, 5.41) is 0. The first-order chi connectivity index (χ1) is 11.2. The zero-order chi connectivity index (χ0) is 17.5. The minimum Gasteiger partial charge on any atom is -0.399 e. The van der Waals surface area contributed by atoms with E-state index < -0.39 is 18.3 Å². The van der Waals surface area contributed by atoms with Crippen LogP contribution in [0.25, 0.3) is 0 Å². The van der Waals surface area contributed by atoms with Crippen LogP contribution in [0, 0.1) is 0 Å². The molecule has 2 saturated heterocycles. The molecule has 3 rings (SSSR count). The largest absolute Gasteiger partial charge is 0.494 e. The summed E-state index contributed by atoms with van der Waals surface area (Å²) in [6.45, 7) is 11.9. The first-order valence-electron chi connectivity index (χ1n) is 8.55. The molecule has 130 valence electrons. The second-order valence-corrected chi connectivity index (χ2v) is 7.64.